The highest BCUT2D eigenvalue weighted by Gasteiger charge is 2.25. The fourth-order valence-corrected chi connectivity index (χ4v) is 4.82. The molecule has 0 N–H and O–H groups in total. The van der Waals surface area contributed by atoms with E-state index in [2.05, 4.69) is 4.98 Å². The van der Waals surface area contributed by atoms with Gasteiger partial charge in [0.2, 0.25) is 0 Å². The quantitative estimate of drug-likeness (QED) is 0.786. The number of aromatic nitrogens is 1. The summed E-state index contributed by atoms with van der Waals surface area (Å²) in [7, 11) is -2.85. The van der Waals surface area contributed by atoms with Crippen LogP contribution in [0.2, 0.25) is 0 Å². The Morgan fingerprint density at radius 3 is 2.94 bits per heavy atom. The monoisotopic (exact) mass is 273 g/mol. The number of hydrogen-bond donors (Lipinski definition) is 0. The van der Waals surface area contributed by atoms with E-state index >= 15 is 0 Å². The average Bonchev–Trinajstić information content (AvgIpc) is 2.64. The normalized spacial score (nSPS) is 23.5. The van der Waals surface area contributed by atoms with Crippen molar-refractivity contribution >= 4 is 27.0 Å². The van der Waals surface area contributed by atoms with Crippen LogP contribution >= 0.6 is 11.3 Å². The molecule has 0 amide bonds. The van der Waals surface area contributed by atoms with Gasteiger partial charge in [0.15, 0.2) is 15.6 Å². The molecule has 0 aromatic carbocycles. The second-order valence-corrected chi connectivity index (χ2v) is 7.68. The summed E-state index contributed by atoms with van der Waals surface area (Å²) in [5.74, 6) is 0.714. The first-order valence-corrected chi connectivity index (χ1v) is 8.32. The van der Waals surface area contributed by atoms with Crippen molar-refractivity contribution in [3.8, 4) is 0 Å². The number of Topliss-reactive ketones (excluding diaryl/α,β-unsaturated/α-hetero) is 1. The summed E-state index contributed by atoms with van der Waals surface area (Å²) < 4.78 is 23.0. The Labute approximate surface area is 105 Å². The van der Waals surface area contributed by atoms with Gasteiger partial charge in [0.25, 0.3) is 0 Å². The topological polar surface area (TPSA) is 64.1 Å². The number of ketones is 1. The predicted molar refractivity (Wildman–Crippen MR) is 67.2 cm³/mol. The van der Waals surface area contributed by atoms with Crippen molar-refractivity contribution in [1.29, 1.82) is 0 Å². The van der Waals surface area contributed by atoms with Gasteiger partial charge < -0.3 is 0 Å². The number of rotatable bonds is 3. The van der Waals surface area contributed by atoms with Gasteiger partial charge in [-0.2, -0.15) is 0 Å². The predicted octanol–water partition coefficient (Wildman–Crippen LogP) is 1.71. The van der Waals surface area contributed by atoms with Gasteiger partial charge in [-0.15, -0.1) is 11.3 Å². The molecule has 1 fully saturated rings. The molecule has 1 aliphatic rings. The van der Waals surface area contributed by atoms with Gasteiger partial charge >= 0.3 is 0 Å². The van der Waals surface area contributed by atoms with E-state index < -0.39 is 9.84 Å². The van der Waals surface area contributed by atoms with Crippen LogP contribution in [0.25, 0.3) is 0 Å². The van der Waals surface area contributed by atoms with E-state index in [1.165, 1.54) is 18.3 Å². The Morgan fingerprint density at radius 2 is 2.35 bits per heavy atom. The van der Waals surface area contributed by atoms with E-state index in [1.54, 1.807) is 5.38 Å². The maximum atomic E-state index is 11.5. The summed E-state index contributed by atoms with van der Waals surface area (Å²) in [6, 6.07) is 0. The van der Waals surface area contributed by atoms with Gasteiger partial charge in [-0.05, 0) is 18.8 Å². The molecule has 4 nitrogen and oxygen atoms in total. The molecule has 1 aromatic rings. The zero-order chi connectivity index (χ0) is 12.5. The van der Waals surface area contributed by atoms with Gasteiger partial charge in [-0.3, -0.25) is 4.79 Å². The molecule has 0 spiro atoms. The van der Waals surface area contributed by atoms with Crippen molar-refractivity contribution in [2.45, 2.75) is 26.2 Å². The molecule has 0 radical (unpaired) electrons. The first-order chi connectivity index (χ1) is 7.96. The molecular formula is C11H15NO3S2. The third-order valence-electron chi connectivity index (χ3n) is 2.93. The van der Waals surface area contributed by atoms with Crippen LogP contribution in [0.15, 0.2) is 5.38 Å². The average molecular weight is 273 g/mol. The molecule has 0 aliphatic carbocycles. The summed E-state index contributed by atoms with van der Waals surface area (Å²) in [5, 5.41) is 2.62. The summed E-state index contributed by atoms with van der Waals surface area (Å²) in [5.41, 5.74) is 0.490. The van der Waals surface area contributed by atoms with E-state index in [1.807, 2.05) is 0 Å². The van der Waals surface area contributed by atoms with Gasteiger partial charge in [0.1, 0.15) is 5.69 Å². The smallest absolute Gasteiger partial charge is 0.178 e. The molecule has 1 atom stereocenters. The first-order valence-electron chi connectivity index (χ1n) is 5.62. The summed E-state index contributed by atoms with van der Waals surface area (Å²) in [6.07, 6.45) is 2.36. The van der Waals surface area contributed by atoms with Gasteiger partial charge in [-0.1, -0.05) is 0 Å². The Morgan fingerprint density at radius 1 is 1.59 bits per heavy atom. The van der Waals surface area contributed by atoms with Crippen molar-refractivity contribution in [1.82, 2.24) is 4.98 Å². The second-order valence-electron chi connectivity index (χ2n) is 4.51. The van der Waals surface area contributed by atoms with Crippen molar-refractivity contribution in [3.63, 3.8) is 0 Å². The number of hydrogen-bond acceptors (Lipinski definition) is 5. The Kier molecular flexibility index (Phi) is 3.63. The van der Waals surface area contributed by atoms with E-state index in [0.717, 1.165) is 17.8 Å². The molecule has 1 aromatic heterocycles. The highest BCUT2D eigenvalue weighted by atomic mass is 32.2. The molecular weight excluding hydrogens is 258 g/mol. The molecule has 1 saturated heterocycles. The maximum Gasteiger partial charge on any atom is 0.178 e. The number of carbonyl (C=O) groups excluding carboxylic acids is 1. The highest BCUT2D eigenvalue weighted by molar-refractivity contribution is 7.91. The van der Waals surface area contributed by atoms with Crippen LogP contribution in [-0.4, -0.2) is 30.7 Å². The van der Waals surface area contributed by atoms with E-state index in [4.69, 9.17) is 0 Å². The Balaban J connectivity index is 2.03. The third kappa shape index (κ3) is 3.35. The molecule has 17 heavy (non-hydrogen) atoms. The van der Waals surface area contributed by atoms with E-state index in [-0.39, 0.29) is 17.5 Å². The third-order valence-corrected chi connectivity index (χ3v) is 5.69. The molecule has 6 heteroatoms. The zero-order valence-electron chi connectivity index (χ0n) is 9.68. The second kappa shape index (κ2) is 4.86. The van der Waals surface area contributed by atoms with Crippen LogP contribution in [0.3, 0.4) is 0 Å². The SMILES string of the molecule is CC(=O)c1csc(CC2CCCS(=O)(=O)C2)n1. The highest BCUT2D eigenvalue weighted by Crippen LogP contribution is 2.23. The lowest BCUT2D eigenvalue weighted by Crippen LogP contribution is -2.26. The molecule has 0 saturated carbocycles. The fraction of sp³-hybridized carbons (Fsp3) is 0.636. The lowest BCUT2D eigenvalue weighted by molar-refractivity contribution is 0.101. The minimum atomic E-state index is -2.85. The van der Waals surface area contributed by atoms with Crippen molar-refractivity contribution in [3.05, 3.63) is 16.1 Å². The van der Waals surface area contributed by atoms with Crippen LogP contribution in [0.5, 0.6) is 0 Å². The Bertz CT molecular complexity index is 519. The lowest BCUT2D eigenvalue weighted by Gasteiger charge is -2.20. The number of nitrogens with zero attached hydrogens (tertiary/aromatic N) is 1. The molecule has 2 rings (SSSR count). The van der Waals surface area contributed by atoms with Crippen molar-refractivity contribution in [2.24, 2.45) is 5.92 Å². The minimum absolute atomic E-state index is 0.0382. The molecule has 94 valence electrons. The number of sulfone groups is 1. The number of thiazole rings is 1. The van der Waals surface area contributed by atoms with Crippen LogP contribution in [0.4, 0.5) is 0 Å². The summed E-state index contributed by atoms with van der Waals surface area (Å²) >= 11 is 1.44. The molecule has 2 heterocycles. The fourth-order valence-electron chi connectivity index (χ4n) is 2.09. The zero-order valence-corrected chi connectivity index (χ0v) is 11.3. The van der Waals surface area contributed by atoms with Gasteiger partial charge in [0, 0.05) is 18.7 Å². The van der Waals surface area contributed by atoms with E-state index in [9.17, 15) is 13.2 Å². The van der Waals surface area contributed by atoms with Crippen LogP contribution in [-0.2, 0) is 16.3 Å². The van der Waals surface area contributed by atoms with Crippen molar-refractivity contribution in [2.75, 3.05) is 11.5 Å². The summed E-state index contributed by atoms with van der Waals surface area (Å²) in [4.78, 5) is 15.3. The molecule has 1 unspecified atom stereocenters. The standard InChI is InChI=1S/C11H15NO3S2/c1-8(13)10-6-16-11(12-10)5-9-3-2-4-17(14,15)7-9/h6,9H,2-5,7H2,1H3. The van der Waals surface area contributed by atoms with Crippen molar-refractivity contribution < 1.29 is 13.2 Å². The van der Waals surface area contributed by atoms with E-state index in [0.29, 0.717) is 17.9 Å². The molecule has 0 bridgehead atoms. The number of carbonyl (C=O) groups is 1. The maximum absolute atomic E-state index is 11.5. The van der Waals surface area contributed by atoms with Gasteiger partial charge in [-0.25, -0.2) is 13.4 Å². The largest absolute Gasteiger partial charge is 0.293 e. The summed E-state index contributed by atoms with van der Waals surface area (Å²) in [6.45, 7) is 1.49. The first kappa shape index (κ1) is 12.7. The van der Waals surface area contributed by atoms with Crippen LogP contribution < -0.4 is 0 Å². The van der Waals surface area contributed by atoms with Crippen LogP contribution in [0, 0.1) is 5.92 Å². The van der Waals surface area contributed by atoms with Gasteiger partial charge in [0.05, 0.1) is 16.5 Å². The molecule has 1 aliphatic heterocycles. The lowest BCUT2D eigenvalue weighted by atomic mass is 10.0. The minimum Gasteiger partial charge on any atom is -0.293 e. The Hall–Kier alpha value is -0.750. The van der Waals surface area contributed by atoms with Crippen LogP contribution in [0.1, 0.15) is 35.3 Å².